The van der Waals surface area contributed by atoms with Crippen molar-refractivity contribution in [3.8, 4) is 0 Å². The summed E-state index contributed by atoms with van der Waals surface area (Å²) in [6, 6.07) is 6.26. The molecule has 0 fully saturated rings. The molecule has 1 unspecified atom stereocenters. The Morgan fingerprint density at radius 1 is 1.35 bits per heavy atom. The van der Waals surface area contributed by atoms with Gasteiger partial charge in [-0.2, -0.15) is 0 Å². The fourth-order valence-electron chi connectivity index (χ4n) is 2.83. The number of hydrogen-bond donors (Lipinski definition) is 1. The summed E-state index contributed by atoms with van der Waals surface area (Å²) in [6.07, 6.45) is 3.16. The lowest BCUT2D eigenvalue weighted by Gasteiger charge is -2.25. The van der Waals surface area contributed by atoms with Crippen molar-refractivity contribution >= 4 is 23.9 Å². The van der Waals surface area contributed by atoms with Crippen molar-refractivity contribution < 1.29 is 4.79 Å². The molecule has 3 nitrogen and oxygen atoms in total. The molecule has 1 N–H and O–H groups in total. The van der Waals surface area contributed by atoms with Gasteiger partial charge in [0.1, 0.15) is 0 Å². The number of carbonyl (C=O) groups is 1. The van der Waals surface area contributed by atoms with Crippen molar-refractivity contribution in [1.82, 2.24) is 4.90 Å². The first-order valence-electron chi connectivity index (χ1n) is 7.47. The summed E-state index contributed by atoms with van der Waals surface area (Å²) in [5.74, 6) is 1.74. The van der Waals surface area contributed by atoms with E-state index in [4.69, 9.17) is 0 Å². The van der Waals surface area contributed by atoms with Gasteiger partial charge in [0.2, 0.25) is 6.41 Å². The van der Waals surface area contributed by atoms with Gasteiger partial charge in [0.25, 0.3) is 0 Å². The topological polar surface area (TPSA) is 32.3 Å². The number of hydrogen-bond acceptors (Lipinski definition) is 3. The number of carbonyl (C=O) groups excluding carboxylic acids is 1. The molecule has 110 valence electrons. The summed E-state index contributed by atoms with van der Waals surface area (Å²) < 4.78 is 0. The van der Waals surface area contributed by atoms with Crippen molar-refractivity contribution in [1.29, 1.82) is 0 Å². The van der Waals surface area contributed by atoms with Crippen molar-refractivity contribution in [2.45, 2.75) is 37.5 Å². The first-order valence-corrected chi connectivity index (χ1v) is 8.46. The second-order valence-corrected chi connectivity index (χ2v) is 6.39. The number of rotatable bonds is 8. The van der Waals surface area contributed by atoms with Crippen molar-refractivity contribution in [3.05, 3.63) is 23.8 Å². The minimum Gasteiger partial charge on any atom is -0.329 e. The molecule has 1 amide bonds. The van der Waals surface area contributed by atoms with Gasteiger partial charge >= 0.3 is 0 Å². The Balaban J connectivity index is 2.08. The van der Waals surface area contributed by atoms with Gasteiger partial charge in [-0.1, -0.05) is 13.8 Å². The summed E-state index contributed by atoms with van der Waals surface area (Å²) in [4.78, 5) is 14.5. The Morgan fingerprint density at radius 2 is 2.10 bits per heavy atom. The van der Waals surface area contributed by atoms with Crippen molar-refractivity contribution in [3.63, 3.8) is 0 Å². The highest BCUT2D eigenvalue weighted by atomic mass is 32.2. The maximum absolute atomic E-state index is 10.6. The van der Waals surface area contributed by atoms with Gasteiger partial charge in [-0.15, -0.1) is 11.8 Å². The van der Waals surface area contributed by atoms with E-state index in [0.29, 0.717) is 5.92 Å². The fourth-order valence-corrected chi connectivity index (χ4v) is 4.05. The lowest BCUT2D eigenvalue weighted by atomic mass is 10.00. The van der Waals surface area contributed by atoms with Crippen molar-refractivity contribution in [2.75, 3.05) is 30.7 Å². The molecule has 1 atom stereocenters. The van der Waals surface area contributed by atoms with Crippen LogP contribution in [0.15, 0.2) is 23.1 Å². The molecule has 0 aliphatic carbocycles. The van der Waals surface area contributed by atoms with E-state index < -0.39 is 0 Å². The second kappa shape index (κ2) is 7.70. The highest BCUT2D eigenvalue weighted by Gasteiger charge is 2.25. The van der Waals surface area contributed by atoms with E-state index >= 15 is 0 Å². The smallest absolute Gasteiger partial charge is 0.211 e. The summed E-state index contributed by atoms with van der Waals surface area (Å²) >= 11 is 1.94. The van der Waals surface area contributed by atoms with E-state index in [2.05, 4.69) is 36.2 Å². The molecule has 0 bridgehead atoms. The minimum absolute atomic E-state index is 0.585. The van der Waals surface area contributed by atoms with E-state index in [0.717, 1.165) is 24.4 Å². The van der Waals surface area contributed by atoms with Gasteiger partial charge < -0.3 is 10.2 Å². The van der Waals surface area contributed by atoms with Crippen LogP contribution in [0.3, 0.4) is 0 Å². The zero-order chi connectivity index (χ0) is 14.4. The van der Waals surface area contributed by atoms with Gasteiger partial charge in [0, 0.05) is 28.8 Å². The zero-order valence-electron chi connectivity index (χ0n) is 12.4. The van der Waals surface area contributed by atoms with E-state index in [9.17, 15) is 4.79 Å². The molecule has 20 heavy (non-hydrogen) atoms. The van der Waals surface area contributed by atoms with E-state index in [1.54, 1.807) is 0 Å². The first kappa shape index (κ1) is 15.4. The monoisotopic (exact) mass is 292 g/mol. The van der Waals surface area contributed by atoms with E-state index in [1.165, 1.54) is 36.4 Å². The zero-order valence-corrected chi connectivity index (χ0v) is 13.2. The average molecular weight is 292 g/mol. The molecule has 1 heterocycles. The number of amides is 1. The number of benzene rings is 1. The number of thioether (sulfide) groups is 1. The van der Waals surface area contributed by atoms with Crippen LogP contribution in [0.2, 0.25) is 0 Å². The molecular weight excluding hydrogens is 268 g/mol. The number of anilines is 1. The van der Waals surface area contributed by atoms with Crippen LogP contribution in [0.1, 0.15) is 38.2 Å². The Kier molecular flexibility index (Phi) is 5.92. The molecule has 0 saturated carbocycles. The minimum atomic E-state index is 0.585. The van der Waals surface area contributed by atoms with Gasteiger partial charge in [-0.25, -0.2) is 0 Å². The van der Waals surface area contributed by atoms with Crippen LogP contribution in [0.5, 0.6) is 0 Å². The third-order valence-electron chi connectivity index (χ3n) is 3.67. The molecule has 1 aliphatic rings. The lowest BCUT2D eigenvalue weighted by Crippen LogP contribution is -2.30. The normalized spacial score (nSPS) is 17.2. The van der Waals surface area contributed by atoms with Crippen LogP contribution < -0.4 is 5.32 Å². The standard InChI is InChI=1S/C16H24N2OS/c1-3-7-18(8-4-2)10-13-11-20-16-6-5-14(17-12-19)9-15(13)16/h5-6,9,12-13H,3-4,7-8,10-11H2,1-2H3,(H,17,19). The lowest BCUT2D eigenvalue weighted by molar-refractivity contribution is -0.105. The summed E-state index contributed by atoms with van der Waals surface area (Å²) in [7, 11) is 0. The average Bonchev–Trinajstić information content (AvgIpc) is 2.83. The predicted molar refractivity (Wildman–Crippen MR) is 86.6 cm³/mol. The van der Waals surface area contributed by atoms with Gasteiger partial charge in [-0.05, 0) is 49.7 Å². The maximum Gasteiger partial charge on any atom is 0.211 e. The maximum atomic E-state index is 10.6. The number of nitrogens with zero attached hydrogens (tertiary/aromatic N) is 1. The van der Waals surface area contributed by atoms with Crippen LogP contribution in [-0.4, -0.2) is 36.7 Å². The van der Waals surface area contributed by atoms with Crippen molar-refractivity contribution in [2.24, 2.45) is 0 Å². The summed E-state index contributed by atoms with van der Waals surface area (Å²) in [5.41, 5.74) is 2.31. The first-order chi connectivity index (χ1) is 9.78. The Labute approximate surface area is 126 Å². The quantitative estimate of drug-likeness (QED) is 0.744. The molecule has 2 rings (SSSR count). The second-order valence-electron chi connectivity index (χ2n) is 5.32. The van der Waals surface area contributed by atoms with Gasteiger partial charge in [0.05, 0.1) is 0 Å². The fraction of sp³-hybridized carbons (Fsp3) is 0.562. The predicted octanol–water partition coefficient (Wildman–Crippen LogP) is 3.57. The Bertz CT molecular complexity index is 444. The van der Waals surface area contributed by atoms with Crippen LogP contribution in [-0.2, 0) is 4.79 Å². The summed E-state index contributed by atoms with van der Waals surface area (Å²) in [6.45, 7) is 7.97. The van der Waals surface area contributed by atoms with Gasteiger partial charge in [-0.3, -0.25) is 4.79 Å². The molecule has 0 aromatic heterocycles. The molecule has 4 heteroatoms. The molecular formula is C16H24N2OS. The largest absolute Gasteiger partial charge is 0.329 e. The van der Waals surface area contributed by atoms with Crippen LogP contribution in [0.25, 0.3) is 0 Å². The van der Waals surface area contributed by atoms with E-state index in [1.807, 2.05) is 17.8 Å². The highest BCUT2D eigenvalue weighted by Crippen LogP contribution is 2.41. The van der Waals surface area contributed by atoms with E-state index in [-0.39, 0.29) is 0 Å². The van der Waals surface area contributed by atoms with Gasteiger partial charge in [0.15, 0.2) is 0 Å². The SMILES string of the molecule is CCCN(CCC)CC1CSc2ccc(NC=O)cc21. The van der Waals surface area contributed by atoms with Crippen LogP contribution >= 0.6 is 11.8 Å². The number of nitrogens with one attached hydrogen (secondary N) is 1. The molecule has 0 radical (unpaired) electrons. The Hall–Kier alpha value is -1.00. The Morgan fingerprint density at radius 3 is 2.75 bits per heavy atom. The molecule has 0 saturated heterocycles. The summed E-state index contributed by atoms with van der Waals surface area (Å²) in [5, 5.41) is 2.76. The molecule has 1 aliphatic heterocycles. The van der Waals surface area contributed by atoms with Crippen LogP contribution in [0, 0.1) is 0 Å². The van der Waals surface area contributed by atoms with Crippen LogP contribution in [0.4, 0.5) is 5.69 Å². The molecule has 1 aromatic rings. The molecule has 0 spiro atoms. The third-order valence-corrected chi connectivity index (χ3v) is 4.93. The molecule has 1 aromatic carbocycles. The third kappa shape index (κ3) is 3.76. The number of fused-ring (bicyclic) bond motifs is 1. The highest BCUT2D eigenvalue weighted by molar-refractivity contribution is 7.99.